The number of anilines is 1. The Morgan fingerprint density at radius 3 is 2.33 bits per heavy atom. The number of hydrogen-bond acceptors (Lipinski definition) is 2. The smallest absolute Gasteiger partial charge is 0.253 e. The second-order valence-electron chi connectivity index (χ2n) is 5.56. The zero-order chi connectivity index (χ0) is 16.0. The Kier molecular flexibility index (Phi) is 4.17. The lowest BCUT2D eigenvalue weighted by atomic mass is 10.1. The first-order chi connectivity index (χ1) is 9.58. The third kappa shape index (κ3) is 2.98. The highest BCUT2D eigenvalue weighted by atomic mass is 35.5. The summed E-state index contributed by atoms with van der Waals surface area (Å²) in [7, 11) is 3.30. The van der Waals surface area contributed by atoms with E-state index in [1.54, 1.807) is 39.2 Å². The van der Waals surface area contributed by atoms with Crippen LogP contribution in [0.5, 0.6) is 0 Å². The van der Waals surface area contributed by atoms with Gasteiger partial charge in [0.1, 0.15) is 4.33 Å². The molecule has 0 unspecified atom stereocenters. The minimum absolute atomic E-state index is 0.177. The zero-order valence-corrected chi connectivity index (χ0v) is 14.1. The van der Waals surface area contributed by atoms with Crippen LogP contribution in [-0.2, 0) is 4.79 Å². The maximum atomic E-state index is 12.2. The zero-order valence-electron chi connectivity index (χ0n) is 11.8. The van der Waals surface area contributed by atoms with Gasteiger partial charge in [0.2, 0.25) is 5.91 Å². The van der Waals surface area contributed by atoms with Gasteiger partial charge in [-0.25, -0.2) is 0 Å². The van der Waals surface area contributed by atoms with E-state index in [4.69, 9.17) is 34.8 Å². The van der Waals surface area contributed by atoms with Gasteiger partial charge in [0.25, 0.3) is 5.91 Å². The first-order valence-electron chi connectivity index (χ1n) is 6.29. The molecular weight excluding hydrogens is 335 g/mol. The largest absolute Gasteiger partial charge is 0.345 e. The summed E-state index contributed by atoms with van der Waals surface area (Å²) in [6, 6.07) is 4.71. The summed E-state index contributed by atoms with van der Waals surface area (Å²) in [5.74, 6) is -0.493. The highest BCUT2D eigenvalue weighted by molar-refractivity contribution is 6.53. The van der Waals surface area contributed by atoms with Crippen molar-refractivity contribution in [1.29, 1.82) is 0 Å². The molecule has 4 nitrogen and oxygen atoms in total. The number of nitrogens with zero attached hydrogens (tertiary/aromatic N) is 1. The fraction of sp³-hybridized carbons (Fsp3) is 0.429. The highest BCUT2D eigenvalue weighted by Crippen LogP contribution is 2.64. The van der Waals surface area contributed by atoms with Crippen LogP contribution in [0, 0.1) is 5.41 Å². The molecule has 1 aliphatic carbocycles. The minimum Gasteiger partial charge on any atom is -0.345 e. The Morgan fingerprint density at radius 2 is 1.86 bits per heavy atom. The maximum Gasteiger partial charge on any atom is 0.253 e. The number of hydrogen-bond donors (Lipinski definition) is 1. The molecule has 0 spiro atoms. The Morgan fingerprint density at radius 1 is 1.29 bits per heavy atom. The minimum atomic E-state index is -1.05. The lowest BCUT2D eigenvalue weighted by molar-refractivity contribution is -0.120. The molecule has 1 N–H and O–H groups in total. The van der Waals surface area contributed by atoms with Crippen LogP contribution in [0.1, 0.15) is 23.7 Å². The molecular formula is C14H15Cl3N2O2. The molecule has 2 amide bonds. The summed E-state index contributed by atoms with van der Waals surface area (Å²) in [4.78, 5) is 25.6. The second kappa shape index (κ2) is 5.34. The lowest BCUT2D eigenvalue weighted by Crippen LogP contribution is -2.26. The van der Waals surface area contributed by atoms with Gasteiger partial charge in [-0.05, 0) is 31.5 Å². The standard InChI is InChI=1S/C14H15Cl3N2O2/c1-13(7-14(13,16)17)12(21)18-10-6-8(4-5-9(10)15)11(20)19(2)3/h4-6H,7H2,1-3H3,(H,18,21)/t13-/m0/s1. The molecule has 1 saturated carbocycles. The van der Waals surface area contributed by atoms with Gasteiger partial charge in [-0.3, -0.25) is 9.59 Å². The molecule has 0 bridgehead atoms. The Bertz CT molecular complexity index is 616. The number of rotatable bonds is 3. The van der Waals surface area contributed by atoms with Crippen LogP contribution in [0.4, 0.5) is 5.69 Å². The first-order valence-corrected chi connectivity index (χ1v) is 7.42. The quantitative estimate of drug-likeness (QED) is 0.848. The fourth-order valence-corrected chi connectivity index (χ4v) is 2.79. The molecule has 2 rings (SSSR count). The summed E-state index contributed by atoms with van der Waals surface area (Å²) < 4.78 is -1.05. The molecule has 1 aliphatic rings. The van der Waals surface area contributed by atoms with Crippen molar-refractivity contribution in [2.45, 2.75) is 17.7 Å². The third-order valence-electron chi connectivity index (χ3n) is 3.63. The predicted octanol–water partition coefficient (Wildman–Crippen LogP) is 3.56. The van der Waals surface area contributed by atoms with Crippen LogP contribution >= 0.6 is 34.8 Å². The topological polar surface area (TPSA) is 49.4 Å². The van der Waals surface area contributed by atoms with E-state index in [0.717, 1.165) is 0 Å². The lowest BCUT2D eigenvalue weighted by Gasteiger charge is -2.15. The van der Waals surface area contributed by atoms with Gasteiger partial charge in [-0.1, -0.05) is 11.6 Å². The summed E-state index contributed by atoms with van der Waals surface area (Å²) >= 11 is 18.0. The first kappa shape index (κ1) is 16.4. The highest BCUT2D eigenvalue weighted by Gasteiger charge is 2.67. The average Bonchev–Trinajstić information content (AvgIpc) is 2.91. The number of nitrogens with one attached hydrogen (secondary N) is 1. The van der Waals surface area contributed by atoms with Crippen LogP contribution in [0.15, 0.2) is 18.2 Å². The molecule has 1 aromatic carbocycles. The number of benzene rings is 1. The predicted molar refractivity (Wildman–Crippen MR) is 85.3 cm³/mol. The van der Waals surface area contributed by atoms with Crippen molar-refractivity contribution >= 4 is 52.3 Å². The molecule has 1 fully saturated rings. The van der Waals surface area contributed by atoms with Gasteiger partial charge in [0, 0.05) is 19.7 Å². The van der Waals surface area contributed by atoms with Crippen molar-refractivity contribution in [2.75, 3.05) is 19.4 Å². The van der Waals surface area contributed by atoms with E-state index in [1.165, 1.54) is 4.90 Å². The van der Waals surface area contributed by atoms with Crippen molar-refractivity contribution in [2.24, 2.45) is 5.41 Å². The van der Waals surface area contributed by atoms with Gasteiger partial charge in [0.15, 0.2) is 0 Å². The molecule has 114 valence electrons. The SMILES string of the molecule is CN(C)C(=O)c1ccc(Cl)c(NC(=O)[C@]2(C)CC2(Cl)Cl)c1. The van der Waals surface area contributed by atoms with Gasteiger partial charge >= 0.3 is 0 Å². The number of alkyl halides is 2. The maximum absolute atomic E-state index is 12.2. The summed E-state index contributed by atoms with van der Waals surface area (Å²) in [5, 5.41) is 3.04. The van der Waals surface area contributed by atoms with E-state index in [2.05, 4.69) is 5.32 Å². The van der Waals surface area contributed by atoms with Gasteiger partial charge < -0.3 is 10.2 Å². The van der Waals surface area contributed by atoms with E-state index < -0.39 is 9.75 Å². The molecule has 21 heavy (non-hydrogen) atoms. The van der Waals surface area contributed by atoms with Gasteiger partial charge in [-0.2, -0.15) is 0 Å². The van der Waals surface area contributed by atoms with Crippen molar-refractivity contribution in [3.05, 3.63) is 28.8 Å². The van der Waals surface area contributed by atoms with Gasteiger partial charge in [-0.15, -0.1) is 23.2 Å². The summed E-state index contributed by atoms with van der Waals surface area (Å²) in [5.41, 5.74) is -0.0450. The Balaban J connectivity index is 2.23. The number of carbonyl (C=O) groups is 2. The van der Waals surface area contributed by atoms with Gasteiger partial charge in [0.05, 0.1) is 16.1 Å². The van der Waals surface area contributed by atoms with Crippen molar-refractivity contribution < 1.29 is 9.59 Å². The van der Waals surface area contributed by atoms with Crippen LogP contribution in [-0.4, -0.2) is 35.1 Å². The molecule has 1 aromatic rings. The molecule has 1 atom stereocenters. The van der Waals surface area contributed by atoms with Crippen molar-refractivity contribution in [3.63, 3.8) is 0 Å². The third-order valence-corrected chi connectivity index (χ3v) is 5.06. The van der Waals surface area contributed by atoms with E-state index in [1.807, 2.05) is 0 Å². The summed E-state index contributed by atoms with van der Waals surface area (Å²) in [6.07, 6.45) is 0.378. The van der Waals surface area contributed by atoms with Crippen molar-refractivity contribution in [1.82, 2.24) is 4.90 Å². The average molecular weight is 350 g/mol. The number of amides is 2. The van der Waals surface area contributed by atoms with E-state index in [0.29, 0.717) is 22.7 Å². The Hall–Kier alpha value is -0.970. The summed E-state index contributed by atoms with van der Waals surface area (Å²) in [6.45, 7) is 1.69. The normalized spacial score (nSPS) is 22.6. The fourth-order valence-electron chi connectivity index (χ4n) is 1.92. The molecule has 0 radical (unpaired) electrons. The van der Waals surface area contributed by atoms with E-state index in [9.17, 15) is 9.59 Å². The molecule has 0 aromatic heterocycles. The Labute approximate surface area is 138 Å². The molecule has 0 heterocycles. The van der Waals surface area contributed by atoms with Crippen LogP contribution in [0.3, 0.4) is 0 Å². The second-order valence-corrected chi connectivity index (χ2v) is 7.45. The molecule has 0 aliphatic heterocycles. The van der Waals surface area contributed by atoms with Crippen LogP contribution in [0.2, 0.25) is 5.02 Å². The molecule has 7 heteroatoms. The number of carbonyl (C=O) groups excluding carboxylic acids is 2. The van der Waals surface area contributed by atoms with E-state index in [-0.39, 0.29) is 11.8 Å². The van der Waals surface area contributed by atoms with Crippen LogP contribution < -0.4 is 5.32 Å². The van der Waals surface area contributed by atoms with Crippen LogP contribution in [0.25, 0.3) is 0 Å². The monoisotopic (exact) mass is 348 g/mol. The number of halogens is 3. The molecule has 0 saturated heterocycles. The van der Waals surface area contributed by atoms with Crippen molar-refractivity contribution in [3.8, 4) is 0 Å². The van der Waals surface area contributed by atoms with E-state index >= 15 is 0 Å².